The molecule has 3 nitrogen and oxygen atoms in total. The van der Waals surface area contributed by atoms with Crippen LogP contribution in [0.3, 0.4) is 0 Å². The second-order valence-electron chi connectivity index (χ2n) is 2.50. The molecule has 1 N–H and O–H groups in total. The van der Waals surface area contributed by atoms with E-state index in [-0.39, 0.29) is 0 Å². The second-order valence-corrected chi connectivity index (χ2v) is 2.50. The summed E-state index contributed by atoms with van der Waals surface area (Å²) in [5, 5.41) is 9.42. The molecule has 0 rings (SSSR count). The molecule has 12 heavy (non-hydrogen) atoms. The van der Waals surface area contributed by atoms with Crippen LogP contribution < -0.4 is 0 Å². The molecule has 0 heterocycles. The van der Waals surface area contributed by atoms with Gasteiger partial charge in [-0.3, -0.25) is 0 Å². The van der Waals surface area contributed by atoms with Crippen LogP contribution in [0.25, 0.3) is 0 Å². The van der Waals surface area contributed by atoms with Crippen LogP contribution in [-0.2, 0) is 9.47 Å². The van der Waals surface area contributed by atoms with Crippen molar-refractivity contribution in [1.82, 2.24) is 0 Å². The molecule has 70 valence electrons. The van der Waals surface area contributed by atoms with E-state index in [9.17, 15) is 5.11 Å². The molecule has 0 radical (unpaired) electrons. The van der Waals surface area contributed by atoms with Crippen LogP contribution in [0.2, 0.25) is 0 Å². The third-order valence-electron chi connectivity index (χ3n) is 1.60. The standard InChI is InChI=1S/C9H16O3/c1-4-5-6-7-8(10)9(11-2)12-3/h1,8-10H,5-7H2,2-3H3. The molecule has 1 unspecified atom stereocenters. The first-order chi connectivity index (χ1) is 5.76. The minimum absolute atomic E-state index is 0.539. The van der Waals surface area contributed by atoms with Gasteiger partial charge >= 0.3 is 0 Å². The van der Waals surface area contributed by atoms with E-state index in [1.807, 2.05) is 0 Å². The van der Waals surface area contributed by atoms with Crippen molar-refractivity contribution in [2.75, 3.05) is 14.2 Å². The molecule has 0 saturated carbocycles. The SMILES string of the molecule is C#CCCCC(O)C(OC)OC. The smallest absolute Gasteiger partial charge is 0.182 e. The van der Waals surface area contributed by atoms with Crippen LogP contribution in [0, 0.1) is 12.3 Å². The number of aliphatic hydroxyl groups is 1. The molecule has 0 bridgehead atoms. The van der Waals surface area contributed by atoms with E-state index in [4.69, 9.17) is 15.9 Å². The van der Waals surface area contributed by atoms with E-state index < -0.39 is 12.4 Å². The van der Waals surface area contributed by atoms with E-state index >= 15 is 0 Å². The van der Waals surface area contributed by atoms with Gasteiger partial charge in [0.15, 0.2) is 6.29 Å². The van der Waals surface area contributed by atoms with Gasteiger partial charge in [0.2, 0.25) is 0 Å². The fraction of sp³-hybridized carbons (Fsp3) is 0.778. The lowest BCUT2D eigenvalue weighted by Crippen LogP contribution is -2.29. The Morgan fingerprint density at radius 1 is 1.42 bits per heavy atom. The molecule has 0 aliphatic rings. The number of terminal acetylenes is 1. The van der Waals surface area contributed by atoms with Crippen LogP contribution in [-0.4, -0.2) is 31.7 Å². The highest BCUT2D eigenvalue weighted by molar-refractivity contribution is 4.83. The van der Waals surface area contributed by atoms with Crippen molar-refractivity contribution in [2.24, 2.45) is 0 Å². The van der Waals surface area contributed by atoms with Gasteiger partial charge in [-0.2, -0.15) is 0 Å². The molecule has 0 amide bonds. The number of hydrogen-bond donors (Lipinski definition) is 1. The molecular formula is C9H16O3. The van der Waals surface area contributed by atoms with Gasteiger partial charge < -0.3 is 14.6 Å². The minimum Gasteiger partial charge on any atom is -0.388 e. The van der Waals surface area contributed by atoms with Crippen molar-refractivity contribution in [2.45, 2.75) is 31.7 Å². The van der Waals surface area contributed by atoms with Crippen molar-refractivity contribution in [3.63, 3.8) is 0 Å². The Balaban J connectivity index is 3.55. The number of unbranched alkanes of at least 4 members (excludes halogenated alkanes) is 1. The van der Waals surface area contributed by atoms with Crippen LogP contribution >= 0.6 is 0 Å². The number of aliphatic hydroxyl groups excluding tert-OH is 1. The Kier molecular flexibility index (Phi) is 6.78. The summed E-state index contributed by atoms with van der Waals surface area (Å²) in [6.07, 6.45) is 6.01. The average Bonchev–Trinajstić information content (AvgIpc) is 2.07. The summed E-state index contributed by atoms with van der Waals surface area (Å²) in [5.74, 6) is 2.51. The fourth-order valence-corrected chi connectivity index (χ4v) is 0.960. The fourth-order valence-electron chi connectivity index (χ4n) is 0.960. The highest BCUT2D eigenvalue weighted by Crippen LogP contribution is 2.07. The number of rotatable bonds is 6. The van der Waals surface area contributed by atoms with Gasteiger partial charge in [0, 0.05) is 20.6 Å². The van der Waals surface area contributed by atoms with E-state index in [1.165, 1.54) is 14.2 Å². The van der Waals surface area contributed by atoms with E-state index in [0.717, 1.165) is 6.42 Å². The van der Waals surface area contributed by atoms with Gasteiger partial charge in [0.1, 0.15) is 6.10 Å². The van der Waals surface area contributed by atoms with Crippen LogP contribution in [0.15, 0.2) is 0 Å². The first-order valence-electron chi connectivity index (χ1n) is 3.93. The van der Waals surface area contributed by atoms with Gasteiger partial charge in [-0.05, 0) is 12.8 Å². The van der Waals surface area contributed by atoms with Gasteiger partial charge in [-0.15, -0.1) is 12.3 Å². The molecule has 0 aliphatic carbocycles. The molecule has 0 spiro atoms. The van der Waals surface area contributed by atoms with Crippen LogP contribution in [0.5, 0.6) is 0 Å². The molecule has 0 aromatic rings. The van der Waals surface area contributed by atoms with Crippen LogP contribution in [0.1, 0.15) is 19.3 Å². The third-order valence-corrected chi connectivity index (χ3v) is 1.60. The summed E-state index contributed by atoms with van der Waals surface area (Å²) in [6, 6.07) is 0. The monoisotopic (exact) mass is 172 g/mol. The quantitative estimate of drug-likeness (QED) is 0.365. The zero-order valence-electron chi connectivity index (χ0n) is 7.62. The highest BCUT2D eigenvalue weighted by atomic mass is 16.7. The van der Waals surface area contributed by atoms with Gasteiger partial charge in [-0.1, -0.05) is 0 Å². The Morgan fingerprint density at radius 3 is 2.42 bits per heavy atom. The summed E-state index contributed by atoms with van der Waals surface area (Å²) in [6.45, 7) is 0. The number of methoxy groups -OCH3 is 2. The summed E-state index contributed by atoms with van der Waals surface area (Å²) in [4.78, 5) is 0. The van der Waals surface area contributed by atoms with Crippen molar-refractivity contribution in [3.8, 4) is 12.3 Å². The van der Waals surface area contributed by atoms with E-state index in [0.29, 0.717) is 12.8 Å². The van der Waals surface area contributed by atoms with Crippen molar-refractivity contribution in [3.05, 3.63) is 0 Å². The molecular weight excluding hydrogens is 156 g/mol. The maximum Gasteiger partial charge on any atom is 0.182 e. The molecule has 0 fully saturated rings. The second kappa shape index (κ2) is 7.11. The Labute approximate surface area is 73.7 Å². The summed E-state index contributed by atoms with van der Waals surface area (Å²) in [5.41, 5.74) is 0. The first-order valence-corrected chi connectivity index (χ1v) is 3.93. The molecule has 0 saturated heterocycles. The van der Waals surface area contributed by atoms with Crippen LogP contribution in [0.4, 0.5) is 0 Å². The Hall–Kier alpha value is -0.560. The summed E-state index contributed by atoms with van der Waals surface area (Å²) < 4.78 is 9.74. The molecule has 0 aromatic carbocycles. The van der Waals surface area contributed by atoms with Gasteiger partial charge in [-0.25, -0.2) is 0 Å². The average molecular weight is 172 g/mol. The molecule has 0 aromatic heterocycles. The number of hydrogen-bond acceptors (Lipinski definition) is 3. The normalized spacial score (nSPS) is 12.9. The van der Waals surface area contributed by atoms with E-state index in [2.05, 4.69) is 5.92 Å². The minimum atomic E-state index is -0.589. The lowest BCUT2D eigenvalue weighted by molar-refractivity contribution is -0.165. The maximum atomic E-state index is 9.42. The Bertz CT molecular complexity index is 135. The van der Waals surface area contributed by atoms with Gasteiger partial charge in [0.05, 0.1) is 0 Å². The molecule has 3 heteroatoms. The van der Waals surface area contributed by atoms with Crippen molar-refractivity contribution >= 4 is 0 Å². The molecule has 1 atom stereocenters. The Morgan fingerprint density at radius 2 is 2.00 bits per heavy atom. The number of ether oxygens (including phenoxy) is 2. The first kappa shape index (κ1) is 11.4. The predicted octanol–water partition coefficient (Wildman–Crippen LogP) is 0.770. The zero-order valence-corrected chi connectivity index (χ0v) is 7.62. The largest absolute Gasteiger partial charge is 0.388 e. The highest BCUT2D eigenvalue weighted by Gasteiger charge is 2.16. The lowest BCUT2D eigenvalue weighted by Gasteiger charge is -2.19. The lowest BCUT2D eigenvalue weighted by atomic mass is 10.1. The van der Waals surface area contributed by atoms with Crippen molar-refractivity contribution in [1.29, 1.82) is 0 Å². The molecule has 0 aliphatic heterocycles. The van der Waals surface area contributed by atoms with Crippen molar-refractivity contribution < 1.29 is 14.6 Å². The van der Waals surface area contributed by atoms with Gasteiger partial charge in [0.25, 0.3) is 0 Å². The topological polar surface area (TPSA) is 38.7 Å². The van der Waals surface area contributed by atoms with E-state index in [1.54, 1.807) is 0 Å². The maximum absolute atomic E-state index is 9.42. The predicted molar refractivity (Wildman–Crippen MR) is 46.5 cm³/mol. The third kappa shape index (κ3) is 4.35. The summed E-state index contributed by atoms with van der Waals surface area (Å²) in [7, 11) is 3.00. The summed E-state index contributed by atoms with van der Waals surface area (Å²) >= 11 is 0. The zero-order chi connectivity index (χ0) is 9.40.